The second kappa shape index (κ2) is 6.33. The van der Waals surface area contributed by atoms with E-state index in [0.29, 0.717) is 11.1 Å². The average Bonchev–Trinajstić information content (AvgIpc) is 3.41. The highest BCUT2D eigenvalue weighted by Gasteiger charge is 2.40. The monoisotopic (exact) mass is 386 g/mol. The minimum absolute atomic E-state index is 0.653. The number of rotatable bonds is 3. The maximum Gasteiger partial charge on any atom is 0.208 e. The molecule has 2 atom stereocenters. The second-order valence-electron chi connectivity index (χ2n) is 7.07. The quantitative estimate of drug-likeness (QED) is 0.747. The molecule has 6 nitrogen and oxygen atoms in total. The zero-order chi connectivity index (χ0) is 17.7. The number of benzene rings is 1. The number of fused-ring (bicyclic) bond motifs is 1. The van der Waals surface area contributed by atoms with Crippen LogP contribution in [-0.4, -0.2) is 58.0 Å². The molecule has 2 fully saturated rings. The molecule has 3 aromatic rings. The van der Waals surface area contributed by atoms with E-state index >= 15 is 0 Å². The minimum atomic E-state index is 0.653. The molecule has 0 spiro atoms. The number of likely N-dealkylation sites (tertiary alicyclic amines) is 1. The van der Waals surface area contributed by atoms with Gasteiger partial charge in [-0.25, -0.2) is 0 Å². The van der Waals surface area contributed by atoms with Crippen molar-refractivity contribution < 1.29 is 0 Å². The van der Waals surface area contributed by atoms with E-state index in [1.807, 2.05) is 24.4 Å². The smallest absolute Gasteiger partial charge is 0.208 e. The van der Waals surface area contributed by atoms with E-state index in [1.54, 1.807) is 17.5 Å². The molecule has 0 aliphatic carbocycles. The van der Waals surface area contributed by atoms with Crippen LogP contribution in [-0.2, 0) is 0 Å². The third kappa shape index (κ3) is 2.71. The summed E-state index contributed by atoms with van der Waals surface area (Å²) < 4.78 is 0. The molecule has 8 heteroatoms. The Hall–Kier alpha value is -1.96. The summed E-state index contributed by atoms with van der Waals surface area (Å²) in [7, 11) is 2.22. The number of likely N-dealkylation sites (N-methyl/N-ethyl adjacent to an activating group) is 1. The number of anilines is 1. The molecule has 5 rings (SSSR count). The standard InChI is InChI=1S/C18H19ClN6S/c1-24-5-4-12-9-25(10-16(12)24)18-23-22-17(26-18)14-3-2-11(6-15(14)19)13-7-20-21-8-13/h2-3,6-8,12,16H,4-5,9-10H2,1H3,(H,20,21)/t12-,16+/m1/s1. The lowest BCUT2D eigenvalue weighted by atomic mass is 10.1. The molecule has 2 aliphatic heterocycles. The van der Waals surface area contributed by atoms with Crippen LogP contribution in [0, 0.1) is 5.92 Å². The summed E-state index contributed by atoms with van der Waals surface area (Å²) in [4.78, 5) is 4.85. The van der Waals surface area contributed by atoms with E-state index < -0.39 is 0 Å². The Kier molecular flexibility index (Phi) is 3.95. The van der Waals surface area contributed by atoms with Crippen LogP contribution in [0.25, 0.3) is 21.7 Å². The van der Waals surface area contributed by atoms with Crippen LogP contribution in [0.4, 0.5) is 5.13 Å². The summed E-state index contributed by atoms with van der Waals surface area (Å²) in [6.07, 6.45) is 4.93. The van der Waals surface area contributed by atoms with Gasteiger partial charge in [0.05, 0.1) is 11.2 Å². The predicted molar refractivity (Wildman–Crippen MR) is 105 cm³/mol. The first-order chi connectivity index (χ1) is 12.7. The number of hydrogen-bond donors (Lipinski definition) is 1. The van der Waals surface area contributed by atoms with Crippen LogP contribution in [0.5, 0.6) is 0 Å². The molecule has 26 heavy (non-hydrogen) atoms. The van der Waals surface area contributed by atoms with Gasteiger partial charge in [0.1, 0.15) is 0 Å². The average molecular weight is 387 g/mol. The number of nitrogens with zero attached hydrogens (tertiary/aromatic N) is 5. The zero-order valence-corrected chi connectivity index (χ0v) is 16.0. The first-order valence-corrected chi connectivity index (χ1v) is 9.96. The van der Waals surface area contributed by atoms with Crippen molar-refractivity contribution in [2.45, 2.75) is 12.5 Å². The Bertz CT molecular complexity index is 924. The molecule has 0 unspecified atom stereocenters. The molecule has 2 aliphatic rings. The molecule has 0 bridgehead atoms. The summed E-state index contributed by atoms with van der Waals surface area (Å²) in [5, 5.41) is 18.2. The molecular formula is C18H19ClN6S. The summed E-state index contributed by atoms with van der Waals surface area (Å²) in [5.74, 6) is 0.755. The Labute approximate surface area is 160 Å². The van der Waals surface area contributed by atoms with E-state index in [-0.39, 0.29) is 0 Å². The highest BCUT2D eigenvalue weighted by atomic mass is 35.5. The van der Waals surface area contributed by atoms with E-state index in [1.165, 1.54) is 13.0 Å². The van der Waals surface area contributed by atoms with Crippen molar-refractivity contribution in [3.8, 4) is 21.7 Å². The second-order valence-corrected chi connectivity index (χ2v) is 8.44. The van der Waals surface area contributed by atoms with Crippen LogP contribution in [0.1, 0.15) is 6.42 Å². The molecule has 0 radical (unpaired) electrons. The first kappa shape index (κ1) is 16.2. The van der Waals surface area contributed by atoms with Crippen molar-refractivity contribution in [2.24, 2.45) is 5.92 Å². The topological polar surface area (TPSA) is 60.9 Å². The van der Waals surface area contributed by atoms with Gasteiger partial charge in [-0.2, -0.15) is 5.10 Å². The van der Waals surface area contributed by atoms with Gasteiger partial charge in [0.15, 0.2) is 5.01 Å². The van der Waals surface area contributed by atoms with Crippen molar-refractivity contribution >= 4 is 28.1 Å². The van der Waals surface area contributed by atoms with Crippen LogP contribution < -0.4 is 4.90 Å². The van der Waals surface area contributed by atoms with Crippen molar-refractivity contribution in [3.05, 3.63) is 35.6 Å². The normalized spacial score (nSPS) is 22.9. The van der Waals surface area contributed by atoms with Gasteiger partial charge in [-0.05, 0) is 43.6 Å². The minimum Gasteiger partial charge on any atom is -0.345 e. The summed E-state index contributed by atoms with van der Waals surface area (Å²) in [5.41, 5.74) is 2.98. The Morgan fingerprint density at radius 2 is 2.15 bits per heavy atom. The van der Waals surface area contributed by atoms with E-state index in [2.05, 4.69) is 37.2 Å². The number of hydrogen-bond acceptors (Lipinski definition) is 6. The summed E-state index contributed by atoms with van der Waals surface area (Å²) >= 11 is 8.16. The number of aromatic amines is 1. The van der Waals surface area contributed by atoms with Gasteiger partial charge in [-0.3, -0.25) is 5.10 Å². The van der Waals surface area contributed by atoms with E-state index in [4.69, 9.17) is 11.6 Å². The van der Waals surface area contributed by atoms with Crippen molar-refractivity contribution in [2.75, 3.05) is 31.6 Å². The third-order valence-electron chi connectivity index (χ3n) is 5.54. The zero-order valence-electron chi connectivity index (χ0n) is 14.4. The largest absolute Gasteiger partial charge is 0.345 e. The molecule has 134 valence electrons. The van der Waals surface area contributed by atoms with Gasteiger partial charge in [0, 0.05) is 36.5 Å². The van der Waals surface area contributed by atoms with Crippen molar-refractivity contribution in [1.82, 2.24) is 25.3 Å². The van der Waals surface area contributed by atoms with Gasteiger partial charge in [0.2, 0.25) is 5.13 Å². The number of halogens is 1. The van der Waals surface area contributed by atoms with Crippen molar-refractivity contribution in [3.63, 3.8) is 0 Å². The Morgan fingerprint density at radius 3 is 2.92 bits per heavy atom. The maximum absolute atomic E-state index is 6.53. The highest BCUT2D eigenvalue weighted by Crippen LogP contribution is 2.38. The molecule has 0 saturated carbocycles. The maximum atomic E-state index is 6.53. The lowest BCUT2D eigenvalue weighted by molar-refractivity contribution is 0.310. The van der Waals surface area contributed by atoms with Gasteiger partial charge in [-0.15, -0.1) is 10.2 Å². The van der Waals surface area contributed by atoms with Crippen LogP contribution in [0.2, 0.25) is 5.02 Å². The number of aromatic nitrogens is 4. The number of nitrogens with one attached hydrogen (secondary N) is 1. The molecule has 1 N–H and O–H groups in total. The molecule has 0 amide bonds. The first-order valence-electron chi connectivity index (χ1n) is 8.77. The summed E-state index contributed by atoms with van der Waals surface area (Å²) in [6.45, 7) is 3.34. The van der Waals surface area contributed by atoms with Crippen LogP contribution >= 0.6 is 22.9 Å². The SMILES string of the molecule is CN1CC[C@@H]2CN(c3nnc(-c4ccc(-c5cn[nH]c5)cc4Cl)s3)C[C@@H]21. The fraction of sp³-hybridized carbons (Fsp3) is 0.389. The van der Waals surface area contributed by atoms with Gasteiger partial charge in [-0.1, -0.05) is 29.0 Å². The van der Waals surface area contributed by atoms with Crippen LogP contribution in [0.15, 0.2) is 30.6 Å². The molecule has 1 aromatic carbocycles. The molecule has 4 heterocycles. The fourth-order valence-electron chi connectivity index (χ4n) is 4.06. The Morgan fingerprint density at radius 1 is 1.23 bits per heavy atom. The highest BCUT2D eigenvalue weighted by molar-refractivity contribution is 7.18. The van der Waals surface area contributed by atoms with E-state index in [0.717, 1.165) is 45.8 Å². The van der Waals surface area contributed by atoms with Crippen molar-refractivity contribution in [1.29, 1.82) is 0 Å². The van der Waals surface area contributed by atoms with Gasteiger partial charge < -0.3 is 9.80 Å². The third-order valence-corrected chi connectivity index (χ3v) is 6.87. The van der Waals surface area contributed by atoms with Crippen LogP contribution in [0.3, 0.4) is 0 Å². The van der Waals surface area contributed by atoms with Gasteiger partial charge in [0.25, 0.3) is 0 Å². The molecule has 2 saturated heterocycles. The molecular weight excluding hydrogens is 368 g/mol. The van der Waals surface area contributed by atoms with Gasteiger partial charge >= 0.3 is 0 Å². The van der Waals surface area contributed by atoms with E-state index in [9.17, 15) is 0 Å². The number of H-pyrrole nitrogens is 1. The lowest BCUT2D eigenvalue weighted by Gasteiger charge is -2.19. The fourth-order valence-corrected chi connectivity index (χ4v) is 5.29. The summed E-state index contributed by atoms with van der Waals surface area (Å²) in [6, 6.07) is 6.67. The Balaban J connectivity index is 1.39. The lowest BCUT2D eigenvalue weighted by Crippen LogP contribution is -2.32. The molecule has 2 aromatic heterocycles. The predicted octanol–water partition coefficient (Wildman–Crippen LogP) is 3.39.